The third kappa shape index (κ3) is 3.01. The summed E-state index contributed by atoms with van der Waals surface area (Å²) in [4.78, 5) is 2.32. The molecular weight excluding hydrogens is 186 g/mol. The molecule has 82 valence electrons. The second kappa shape index (κ2) is 6.12. The number of para-hydroxylation sites is 1. The van der Waals surface area contributed by atoms with Crippen molar-refractivity contribution in [3.8, 4) is 0 Å². The Hall–Kier alpha value is -1.44. The zero-order chi connectivity index (χ0) is 11.1. The minimum absolute atomic E-state index is 0.781. The molecular formula is C13H19NO. The predicted octanol–water partition coefficient (Wildman–Crippen LogP) is 3.15. The molecule has 0 radical (unpaired) electrons. The lowest BCUT2D eigenvalue weighted by molar-refractivity contribution is 0.471. The summed E-state index contributed by atoms with van der Waals surface area (Å²) >= 11 is 0. The van der Waals surface area contributed by atoms with E-state index in [9.17, 15) is 0 Å². The third-order valence-electron chi connectivity index (χ3n) is 2.54. The van der Waals surface area contributed by atoms with E-state index in [4.69, 9.17) is 5.11 Å². The molecule has 2 nitrogen and oxygen atoms in total. The molecule has 0 saturated heterocycles. The van der Waals surface area contributed by atoms with Crippen LogP contribution in [-0.2, 0) is 6.42 Å². The lowest BCUT2D eigenvalue weighted by Crippen LogP contribution is -2.22. The zero-order valence-electron chi connectivity index (χ0n) is 9.48. The van der Waals surface area contributed by atoms with Gasteiger partial charge >= 0.3 is 0 Å². The summed E-state index contributed by atoms with van der Waals surface area (Å²) in [6.45, 7) is 6.33. The molecule has 0 saturated carbocycles. The van der Waals surface area contributed by atoms with E-state index in [0.717, 1.165) is 25.8 Å². The van der Waals surface area contributed by atoms with Crippen LogP contribution in [0.25, 0.3) is 0 Å². The maximum absolute atomic E-state index is 8.68. The molecule has 0 aromatic heterocycles. The van der Waals surface area contributed by atoms with E-state index in [2.05, 4.69) is 36.9 Å². The first-order valence-electron chi connectivity index (χ1n) is 5.45. The Balaban J connectivity index is 2.93. The predicted molar refractivity (Wildman–Crippen MR) is 65.5 cm³/mol. The topological polar surface area (TPSA) is 23.5 Å². The van der Waals surface area contributed by atoms with Crippen molar-refractivity contribution in [3.05, 3.63) is 42.2 Å². The number of hydrogen-bond acceptors (Lipinski definition) is 2. The average Bonchev–Trinajstić information content (AvgIpc) is 2.29. The van der Waals surface area contributed by atoms with Gasteiger partial charge in [-0.25, -0.2) is 0 Å². The van der Waals surface area contributed by atoms with Gasteiger partial charge < -0.3 is 10.0 Å². The van der Waals surface area contributed by atoms with E-state index in [1.54, 1.807) is 6.08 Å². The van der Waals surface area contributed by atoms with E-state index in [-0.39, 0.29) is 0 Å². The summed E-state index contributed by atoms with van der Waals surface area (Å²) in [7, 11) is 0. The molecule has 0 bridgehead atoms. The number of anilines is 1. The summed E-state index contributed by atoms with van der Waals surface area (Å²) in [5.41, 5.74) is 2.52. The Morgan fingerprint density at radius 3 is 2.47 bits per heavy atom. The number of hydrogen-bond donors (Lipinski definition) is 1. The third-order valence-corrected chi connectivity index (χ3v) is 2.54. The quantitative estimate of drug-likeness (QED) is 0.746. The number of benzene rings is 1. The van der Waals surface area contributed by atoms with E-state index in [1.807, 2.05) is 6.07 Å². The number of nitrogens with zero attached hydrogens (tertiary/aromatic N) is 1. The van der Waals surface area contributed by atoms with Crippen LogP contribution in [0.1, 0.15) is 19.4 Å². The van der Waals surface area contributed by atoms with Crippen LogP contribution in [0.3, 0.4) is 0 Å². The second-order valence-corrected chi connectivity index (χ2v) is 3.39. The van der Waals surface area contributed by atoms with Gasteiger partial charge in [0.2, 0.25) is 0 Å². The summed E-state index contributed by atoms with van der Waals surface area (Å²) in [5, 5.41) is 8.68. The minimum atomic E-state index is 0.781. The number of aliphatic hydroxyl groups is 1. The molecule has 0 atom stereocenters. The normalized spacial score (nSPS) is 10.8. The van der Waals surface area contributed by atoms with Crippen molar-refractivity contribution in [1.29, 1.82) is 0 Å². The van der Waals surface area contributed by atoms with Crippen molar-refractivity contribution in [2.75, 3.05) is 18.0 Å². The first-order chi connectivity index (χ1) is 7.33. The van der Waals surface area contributed by atoms with Gasteiger partial charge in [-0.05, 0) is 38.0 Å². The van der Waals surface area contributed by atoms with Crippen molar-refractivity contribution >= 4 is 5.69 Å². The van der Waals surface area contributed by atoms with Crippen molar-refractivity contribution in [2.24, 2.45) is 0 Å². The van der Waals surface area contributed by atoms with E-state index >= 15 is 0 Å². The molecule has 0 spiro atoms. The molecule has 2 heteroatoms. The van der Waals surface area contributed by atoms with Crippen LogP contribution in [0.2, 0.25) is 0 Å². The van der Waals surface area contributed by atoms with Crippen molar-refractivity contribution < 1.29 is 5.11 Å². The molecule has 0 aliphatic carbocycles. The number of allylic oxidation sites excluding steroid dienone is 1. The molecule has 1 aromatic carbocycles. The van der Waals surface area contributed by atoms with E-state index in [1.165, 1.54) is 11.3 Å². The summed E-state index contributed by atoms with van der Waals surface area (Å²) in [6.07, 6.45) is 3.66. The summed E-state index contributed by atoms with van der Waals surface area (Å²) in [5.74, 6) is 0. The van der Waals surface area contributed by atoms with Crippen LogP contribution >= 0.6 is 0 Å². The Kier molecular flexibility index (Phi) is 4.75. The van der Waals surface area contributed by atoms with Gasteiger partial charge in [-0.3, -0.25) is 0 Å². The zero-order valence-corrected chi connectivity index (χ0v) is 9.48. The van der Waals surface area contributed by atoms with Gasteiger partial charge in [0.1, 0.15) is 0 Å². The molecule has 0 fully saturated rings. The SMILES string of the molecule is CCN(CC)c1ccccc1C/C=C/O. The second-order valence-electron chi connectivity index (χ2n) is 3.39. The van der Waals surface area contributed by atoms with Crippen LogP contribution in [0, 0.1) is 0 Å². The lowest BCUT2D eigenvalue weighted by Gasteiger charge is -2.23. The van der Waals surface area contributed by atoms with Gasteiger partial charge in [0.15, 0.2) is 0 Å². The van der Waals surface area contributed by atoms with Gasteiger partial charge in [0, 0.05) is 18.8 Å². The van der Waals surface area contributed by atoms with Crippen LogP contribution < -0.4 is 4.90 Å². The van der Waals surface area contributed by atoms with Crippen LogP contribution in [0.15, 0.2) is 36.6 Å². The maximum atomic E-state index is 8.68. The van der Waals surface area contributed by atoms with E-state index in [0.29, 0.717) is 0 Å². The number of rotatable bonds is 5. The standard InChI is InChI=1S/C13H19NO/c1-3-14(4-2)13-10-6-5-8-12(13)9-7-11-15/h5-8,10-11,15H,3-4,9H2,1-2H3/b11-7+. The van der Waals surface area contributed by atoms with E-state index < -0.39 is 0 Å². The Morgan fingerprint density at radius 2 is 1.87 bits per heavy atom. The Labute approximate surface area is 91.9 Å². The molecule has 1 aromatic rings. The fraction of sp³-hybridized carbons (Fsp3) is 0.385. The molecule has 1 rings (SSSR count). The van der Waals surface area contributed by atoms with Crippen LogP contribution in [0.4, 0.5) is 5.69 Å². The van der Waals surface area contributed by atoms with Crippen molar-refractivity contribution in [1.82, 2.24) is 0 Å². The summed E-state index contributed by atoms with van der Waals surface area (Å²) in [6, 6.07) is 8.33. The van der Waals surface area contributed by atoms with Crippen molar-refractivity contribution in [3.63, 3.8) is 0 Å². The van der Waals surface area contributed by atoms with Gasteiger partial charge in [-0.15, -0.1) is 0 Å². The number of aliphatic hydroxyl groups excluding tert-OH is 1. The smallest absolute Gasteiger partial charge is 0.0755 e. The van der Waals surface area contributed by atoms with Gasteiger partial charge in [-0.2, -0.15) is 0 Å². The highest BCUT2D eigenvalue weighted by Gasteiger charge is 2.05. The Bertz CT molecular complexity index is 316. The first-order valence-corrected chi connectivity index (χ1v) is 5.45. The lowest BCUT2D eigenvalue weighted by atomic mass is 10.1. The molecule has 0 heterocycles. The van der Waals surface area contributed by atoms with Gasteiger partial charge in [-0.1, -0.05) is 18.2 Å². The maximum Gasteiger partial charge on any atom is 0.0755 e. The first kappa shape index (κ1) is 11.6. The summed E-state index contributed by atoms with van der Waals surface area (Å²) < 4.78 is 0. The fourth-order valence-electron chi connectivity index (χ4n) is 1.74. The molecule has 15 heavy (non-hydrogen) atoms. The Morgan fingerprint density at radius 1 is 1.20 bits per heavy atom. The highest BCUT2D eigenvalue weighted by atomic mass is 16.2. The molecule has 1 N–H and O–H groups in total. The fourth-order valence-corrected chi connectivity index (χ4v) is 1.74. The molecule has 0 aliphatic rings. The average molecular weight is 205 g/mol. The molecule has 0 unspecified atom stereocenters. The largest absolute Gasteiger partial charge is 0.516 e. The molecule has 0 aliphatic heterocycles. The monoisotopic (exact) mass is 205 g/mol. The van der Waals surface area contributed by atoms with Gasteiger partial charge in [0.05, 0.1) is 6.26 Å². The van der Waals surface area contributed by atoms with Crippen LogP contribution in [0.5, 0.6) is 0 Å². The van der Waals surface area contributed by atoms with Crippen molar-refractivity contribution in [2.45, 2.75) is 20.3 Å². The minimum Gasteiger partial charge on any atom is -0.516 e. The molecule has 0 amide bonds. The van der Waals surface area contributed by atoms with Crippen LogP contribution in [-0.4, -0.2) is 18.2 Å². The highest BCUT2D eigenvalue weighted by molar-refractivity contribution is 5.54. The highest BCUT2D eigenvalue weighted by Crippen LogP contribution is 2.20. The van der Waals surface area contributed by atoms with Gasteiger partial charge in [0.25, 0.3) is 0 Å².